The molecule has 2 fully saturated rings. The molecule has 2 aliphatic rings. The fourth-order valence-corrected chi connectivity index (χ4v) is 4.27. The molecule has 2 aliphatic carbocycles. The van der Waals surface area contributed by atoms with E-state index in [1.165, 1.54) is 6.92 Å². The van der Waals surface area contributed by atoms with E-state index < -0.39 is 6.10 Å². The van der Waals surface area contributed by atoms with E-state index in [0.717, 1.165) is 24.0 Å². The van der Waals surface area contributed by atoms with Gasteiger partial charge in [0.25, 0.3) is 0 Å². The maximum Gasteiger partial charge on any atom is 0.303 e. The number of hydrogen-bond acceptors (Lipinski definition) is 4. The number of hydrogen-bond donors (Lipinski definition) is 2. The van der Waals surface area contributed by atoms with Crippen LogP contribution < -0.4 is 10.6 Å². The van der Waals surface area contributed by atoms with Crippen LogP contribution in [0.3, 0.4) is 0 Å². The zero-order valence-electron chi connectivity index (χ0n) is 19.9. The summed E-state index contributed by atoms with van der Waals surface area (Å²) in [6.07, 6.45) is 1.22. The Bertz CT molecular complexity index is 991. The quantitative estimate of drug-likeness (QED) is 0.562. The molecule has 174 valence electrons. The number of ether oxygens (including phenoxy) is 1. The van der Waals surface area contributed by atoms with Gasteiger partial charge in [-0.1, -0.05) is 52.0 Å². The minimum absolute atomic E-state index is 0.0384. The molecule has 0 spiro atoms. The molecule has 2 unspecified atom stereocenters. The van der Waals surface area contributed by atoms with Gasteiger partial charge in [-0.25, -0.2) is 0 Å². The lowest BCUT2D eigenvalue weighted by Gasteiger charge is -2.19. The van der Waals surface area contributed by atoms with Crippen LogP contribution in [-0.4, -0.2) is 17.8 Å². The van der Waals surface area contributed by atoms with E-state index >= 15 is 0 Å². The molecule has 4 rings (SSSR count). The molecule has 2 N–H and O–H groups in total. The molecule has 2 atom stereocenters. The largest absolute Gasteiger partial charge is 0.453 e. The lowest BCUT2D eigenvalue weighted by molar-refractivity contribution is -0.144. The van der Waals surface area contributed by atoms with Crippen molar-refractivity contribution in [3.05, 3.63) is 59.7 Å². The van der Waals surface area contributed by atoms with Gasteiger partial charge in [0.05, 0.1) is 0 Å². The average molecular weight is 449 g/mol. The maximum absolute atomic E-state index is 12.4. The number of carbonyl (C=O) groups is 3. The van der Waals surface area contributed by atoms with Crippen LogP contribution in [0.2, 0.25) is 0 Å². The maximum atomic E-state index is 12.4. The summed E-state index contributed by atoms with van der Waals surface area (Å²) in [7, 11) is 0. The first-order valence-electron chi connectivity index (χ1n) is 11.5. The number of rotatable bonds is 7. The molecule has 0 aliphatic heterocycles. The predicted molar refractivity (Wildman–Crippen MR) is 128 cm³/mol. The Morgan fingerprint density at radius 3 is 1.36 bits per heavy atom. The molecule has 33 heavy (non-hydrogen) atoms. The summed E-state index contributed by atoms with van der Waals surface area (Å²) in [5.41, 5.74) is 3.18. The molecule has 6 nitrogen and oxygen atoms in total. The van der Waals surface area contributed by atoms with Crippen LogP contribution in [0, 0.1) is 22.7 Å². The van der Waals surface area contributed by atoms with E-state index in [9.17, 15) is 14.4 Å². The van der Waals surface area contributed by atoms with Gasteiger partial charge in [-0.3, -0.25) is 14.4 Å². The molecule has 2 saturated carbocycles. The van der Waals surface area contributed by atoms with Crippen molar-refractivity contribution < 1.29 is 19.1 Å². The Labute approximate surface area is 195 Å². The zero-order valence-corrected chi connectivity index (χ0v) is 19.9. The van der Waals surface area contributed by atoms with E-state index in [1.807, 2.05) is 48.5 Å². The molecule has 2 aromatic carbocycles. The van der Waals surface area contributed by atoms with Crippen LogP contribution in [0.4, 0.5) is 11.4 Å². The molecule has 2 amide bonds. The molecule has 0 radical (unpaired) electrons. The normalized spacial score (nSPS) is 22.6. The SMILES string of the molecule is CC(=O)OC(c1ccc(NC(=O)C2CC2(C)C)cc1)c1ccc(NC(=O)C2CC2(C)C)cc1. The Balaban J connectivity index is 1.44. The second-order valence-corrected chi connectivity index (χ2v) is 10.7. The van der Waals surface area contributed by atoms with Crippen molar-refractivity contribution in [2.24, 2.45) is 22.7 Å². The van der Waals surface area contributed by atoms with E-state index in [1.54, 1.807) is 0 Å². The topological polar surface area (TPSA) is 84.5 Å². The lowest BCUT2D eigenvalue weighted by Crippen LogP contribution is -2.17. The van der Waals surface area contributed by atoms with Gasteiger partial charge in [0, 0.05) is 30.1 Å². The first kappa shape index (κ1) is 23.0. The second kappa shape index (κ2) is 8.32. The summed E-state index contributed by atoms with van der Waals surface area (Å²) >= 11 is 0. The van der Waals surface area contributed by atoms with E-state index in [0.29, 0.717) is 11.4 Å². The first-order chi connectivity index (χ1) is 15.5. The summed E-state index contributed by atoms with van der Waals surface area (Å²) in [6, 6.07) is 14.7. The molecular weight excluding hydrogens is 416 g/mol. The first-order valence-corrected chi connectivity index (χ1v) is 11.5. The van der Waals surface area contributed by atoms with Crippen molar-refractivity contribution in [2.75, 3.05) is 10.6 Å². The predicted octanol–water partition coefficient (Wildman–Crippen LogP) is 5.31. The standard InChI is InChI=1S/C27H32N2O4/c1-16(30)33-23(17-6-10-19(11-7-17)28-24(31)21-14-26(21,2)3)18-8-12-20(13-9-18)29-25(32)22-15-27(22,4)5/h6-13,21-23H,14-15H2,1-5H3,(H,28,31)(H,29,32). The van der Waals surface area contributed by atoms with Crippen molar-refractivity contribution in [3.63, 3.8) is 0 Å². The van der Waals surface area contributed by atoms with Crippen LogP contribution in [0.5, 0.6) is 0 Å². The van der Waals surface area contributed by atoms with Gasteiger partial charge in [0.2, 0.25) is 11.8 Å². The Morgan fingerprint density at radius 1 is 0.758 bits per heavy atom. The Morgan fingerprint density at radius 2 is 1.09 bits per heavy atom. The molecule has 0 heterocycles. The molecule has 0 saturated heterocycles. The third kappa shape index (κ3) is 5.27. The summed E-state index contributed by atoms with van der Waals surface area (Å²) in [6.45, 7) is 9.74. The molecule has 2 aromatic rings. The minimum atomic E-state index is -0.582. The molecule has 0 bridgehead atoms. The van der Waals surface area contributed by atoms with Crippen LogP contribution >= 0.6 is 0 Å². The number of anilines is 2. The molecule has 6 heteroatoms. The number of carbonyl (C=O) groups excluding carboxylic acids is 3. The minimum Gasteiger partial charge on any atom is -0.453 e. The number of nitrogens with one attached hydrogen (secondary N) is 2. The van der Waals surface area contributed by atoms with Gasteiger partial charge in [0.15, 0.2) is 6.10 Å². The monoisotopic (exact) mass is 448 g/mol. The van der Waals surface area contributed by atoms with Crippen LogP contribution in [0.15, 0.2) is 48.5 Å². The van der Waals surface area contributed by atoms with Gasteiger partial charge in [0.1, 0.15) is 0 Å². The number of esters is 1. The van der Waals surface area contributed by atoms with Crippen molar-refractivity contribution in [1.82, 2.24) is 0 Å². The van der Waals surface area contributed by atoms with E-state index in [4.69, 9.17) is 4.74 Å². The van der Waals surface area contributed by atoms with Crippen molar-refractivity contribution in [2.45, 2.75) is 53.6 Å². The zero-order chi connectivity index (χ0) is 24.0. The van der Waals surface area contributed by atoms with Crippen molar-refractivity contribution in [3.8, 4) is 0 Å². The summed E-state index contributed by atoms with van der Waals surface area (Å²) in [4.78, 5) is 36.5. The fourth-order valence-electron chi connectivity index (χ4n) is 4.27. The highest BCUT2D eigenvalue weighted by atomic mass is 16.5. The van der Waals surface area contributed by atoms with Gasteiger partial charge in [-0.2, -0.15) is 0 Å². The lowest BCUT2D eigenvalue weighted by atomic mass is 10.0. The summed E-state index contributed by atoms with van der Waals surface area (Å²) < 4.78 is 5.60. The summed E-state index contributed by atoms with van der Waals surface area (Å²) in [5, 5.41) is 5.93. The highest BCUT2D eigenvalue weighted by Gasteiger charge is 2.51. The highest BCUT2D eigenvalue weighted by Crippen LogP contribution is 2.52. The average Bonchev–Trinajstić information content (AvgIpc) is 3.60. The number of benzene rings is 2. The van der Waals surface area contributed by atoms with Crippen molar-refractivity contribution >= 4 is 29.2 Å². The third-order valence-electron chi connectivity index (χ3n) is 6.91. The van der Waals surface area contributed by atoms with Crippen LogP contribution in [0.25, 0.3) is 0 Å². The fraction of sp³-hybridized carbons (Fsp3) is 0.444. The molecule has 0 aromatic heterocycles. The van der Waals surface area contributed by atoms with Crippen LogP contribution in [-0.2, 0) is 19.1 Å². The van der Waals surface area contributed by atoms with Gasteiger partial charge in [-0.05, 0) is 59.1 Å². The highest BCUT2D eigenvalue weighted by molar-refractivity contribution is 5.95. The second-order valence-electron chi connectivity index (χ2n) is 10.7. The molecular formula is C27H32N2O4. The van der Waals surface area contributed by atoms with Gasteiger partial charge in [-0.15, -0.1) is 0 Å². The van der Waals surface area contributed by atoms with Gasteiger partial charge >= 0.3 is 5.97 Å². The van der Waals surface area contributed by atoms with Gasteiger partial charge < -0.3 is 15.4 Å². The Kier molecular flexibility index (Phi) is 5.81. The number of amides is 2. The smallest absolute Gasteiger partial charge is 0.303 e. The van der Waals surface area contributed by atoms with Crippen LogP contribution in [0.1, 0.15) is 64.7 Å². The Hall–Kier alpha value is -3.15. The summed E-state index contributed by atoms with van der Waals surface area (Å²) in [5.74, 6) is -0.207. The van der Waals surface area contributed by atoms with E-state index in [-0.39, 0.29) is 40.4 Å². The third-order valence-corrected chi connectivity index (χ3v) is 6.91. The van der Waals surface area contributed by atoms with E-state index in [2.05, 4.69) is 38.3 Å². The van der Waals surface area contributed by atoms with Crippen molar-refractivity contribution in [1.29, 1.82) is 0 Å².